The van der Waals surface area contributed by atoms with E-state index in [1.165, 1.54) is 19.0 Å². The third-order valence-corrected chi connectivity index (χ3v) is 5.79. The van der Waals surface area contributed by atoms with E-state index in [9.17, 15) is 13.2 Å². The molecule has 0 spiro atoms. The van der Waals surface area contributed by atoms with E-state index in [0.717, 1.165) is 15.3 Å². The van der Waals surface area contributed by atoms with Crippen molar-refractivity contribution in [2.75, 3.05) is 26.9 Å². The largest absolute Gasteiger partial charge is 0.459 e. The number of hydrogen-bond acceptors (Lipinski definition) is 4. The van der Waals surface area contributed by atoms with E-state index in [1.54, 1.807) is 7.05 Å². The summed E-state index contributed by atoms with van der Waals surface area (Å²) in [4.78, 5) is 13.8. The molecule has 1 unspecified atom stereocenters. The first-order valence-electron chi connectivity index (χ1n) is 7.36. The molecule has 0 saturated carbocycles. The number of nitrogens with zero attached hydrogens (tertiary/aromatic N) is 2. The molecule has 0 aliphatic carbocycles. The number of sulfonamides is 1. The number of amides is 1. The molecule has 0 bridgehead atoms. The topological polar surface area (TPSA) is 70.8 Å². The van der Waals surface area contributed by atoms with Crippen molar-refractivity contribution in [2.45, 2.75) is 19.4 Å². The van der Waals surface area contributed by atoms with Crippen molar-refractivity contribution >= 4 is 26.9 Å². The lowest BCUT2D eigenvalue weighted by Gasteiger charge is -2.23. The Morgan fingerprint density at radius 1 is 1.22 bits per heavy atom. The Labute approximate surface area is 136 Å². The Balaban J connectivity index is 2.06. The van der Waals surface area contributed by atoms with Crippen molar-refractivity contribution in [2.24, 2.45) is 0 Å². The van der Waals surface area contributed by atoms with Gasteiger partial charge in [0.1, 0.15) is 11.3 Å². The van der Waals surface area contributed by atoms with Crippen molar-refractivity contribution in [3.63, 3.8) is 0 Å². The average molecular weight is 338 g/mol. The van der Waals surface area contributed by atoms with Crippen molar-refractivity contribution in [3.05, 3.63) is 36.1 Å². The summed E-state index contributed by atoms with van der Waals surface area (Å²) in [6.45, 7) is 1.86. The van der Waals surface area contributed by atoms with Gasteiger partial charge in [-0.05, 0) is 19.1 Å². The molecule has 126 valence electrons. The molecular formula is C16H22N2O4S. The number of rotatable bonds is 6. The summed E-state index contributed by atoms with van der Waals surface area (Å²) in [5.41, 5.74) is 0.769. The lowest BCUT2D eigenvalue weighted by molar-refractivity contribution is -0.131. The van der Waals surface area contributed by atoms with Crippen molar-refractivity contribution in [3.8, 4) is 0 Å². The smallest absolute Gasteiger partial charge is 0.223 e. The van der Waals surface area contributed by atoms with Crippen LogP contribution in [0.2, 0.25) is 0 Å². The molecule has 0 N–H and O–H groups in total. The highest BCUT2D eigenvalue weighted by Gasteiger charge is 2.23. The quantitative estimate of drug-likeness (QED) is 0.810. The van der Waals surface area contributed by atoms with E-state index in [2.05, 4.69) is 0 Å². The summed E-state index contributed by atoms with van der Waals surface area (Å²) >= 11 is 0. The minimum absolute atomic E-state index is 0.0540. The van der Waals surface area contributed by atoms with Gasteiger partial charge in [0.15, 0.2) is 0 Å². The predicted octanol–water partition coefficient (Wildman–Crippen LogP) is 2.23. The van der Waals surface area contributed by atoms with Gasteiger partial charge in [-0.3, -0.25) is 4.79 Å². The van der Waals surface area contributed by atoms with Gasteiger partial charge in [-0.25, -0.2) is 12.7 Å². The molecule has 0 aliphatic heterocycles. The number of carbonyl (C=O) groups excluding carboxylic acids is 1. The summed E-state index contributed by atoms with van der Waals surface area (Å²) in [5.74, 6) is 0.247. The van der Waals surface area contributed by atoms with Gasteiger partial charge in [-0.2, -0.15) is 0 Å². The SMILES string of the molecule is CC(c1cc2ccccc2o1)N(C)C(=O)CCS(=O)(=O)N(C)C. The van der Waals surface area contributed by atoms with Gasteiger partial charge in [0, 0.05) is 33.0 Å². The third kappa shape index (κ3) is 3.92. The minimum atomic E-state index is -3.38. The van der Waals surface area contributed by atoms with Gasteiger partial charge < -0.3 is 9.32 Å². The molecule has 23 heavy (non-hydrogen) atoms. The Morgan fingerprint density at radius 2 is 1.87 bits per heavy atom. The van der Waals surface area contributed by atoms with Crippen LogP contribution in [-0.2, 0) is 14.8 Å². The van der Waals surface area contributed by atoms with Crippen LogP contribution in [0.4, 0.5) is 0 Å². The van der Waals surface area contributed by atoms with Crippen LogP contribution in [0.25, 0.3) is 11.0 Å². The zero-order chi connectivity index (χ0) is 17.2. The summed E-state index contributed by atoms with van der Waals surface area (Å²) < 4.78 is 30.4. The van der Waals surface area contributed by atoms with E-state index in [0.29, 0.717) is 5.76 Å². The molecular weight excluding hydrogens is 316 g/mol. The van der Waals surface area contributed by atoms with Gasteiger partial charge >= 0.3 is 0 Å². The number of fused-ring (bicyclic) bond motifs is 1. The maximum Gasteiger partial charge on any atom is 0.223 e. The number of furan rings is 1. The number of hydrogen-bond donors (Lipinski definition) is 0. The maximum absolute atomic E-state index is 12.2. The van der Waals surface area contributed by atoms with E-state index >= 15 is 0 Å². The van der Waals surface area contributed by atoms with Crippen molar-refractivity contribution < 1.29 is 17.6 Å². The molecule has 2 aromatic rings. The van der Waals surface area contributed by atoms with Crippen LogP contribution in [0.1, 0.15) is 25.1 Å². The van der Waals surface area contributed by atoms with Crippen molar-refractivity contribution in [1.82, 2.24) is 9.21 Å². The Morgan fingerprint density at radius 3 is 2.48 bits per heavy atom. The number of carbonyl (C=O) groups is 1. The molecule has 7 heteroatoms. The van der Waals surface area contributed by atoms with Crippen LogP contribution in [0.3, 0.4) is 0 Å². The molecule has 2 rings (SSSR count). The molecule has 1 aromatic heterocycles. The first-order chi connectivity index (χ1) is 10.7. The van der Waals surface area contributed by atoms with Crippen LogP contribution >= 0.6 is 0 Å². The fourth-order valence-electron chi connectivity index (χ4n) is 2.19. The zero-order valence-electron chi connectivity index (χ0n) is 13.8. The lowest BCUT2D eigenvalue weighted by atomic mass is 10.2. The molecule has 0 aliphatic rings. The third-order valence-electron chi connectivity index (χ3n) is 3.96. The highest BCUT2D eigenvalue weighted by atomic mass is 32.2. The second-order valence-corrected chi connectivity index (χ2v) is 8.02. The fraction of sp³-hybridized carbons (Fsp3) is 0.438. The van der Waals surface area contributed by atoms with E-state index in [1.807, 2.05) is 37.3 Å². The molecule has 0 radical (unpaired) electrons. The molecule has 0 saturated heterocycles. The van der Waals surface area contributed by atoms with Gasteiger partial charge in [-0.15, -0.1) is 0 Å². The second-order valence-electron chi connectivity index (χ2n) is 5.72. The summed E-state index contributed by atoms with van der Waals surface area (Å²) in [6, 6.07) is 9.27. The van der Waals surface area contributed by atoms with Gasteiger partial charge in [0.2, 0.25) is 15.9 Å². The van der Waals surface area contributed by atoms with E-state index in [-0.39, 0.29) is 24.1 Å². The molecule has 6 nitrogen and oxygen atoms in total. The number of para-hydroxylation sites is 1. The van der Waals surface area contributed by atoms with Crippen LogP contribution in [0.15, 0.2) is 34.7 Å². The normalized spacial score (nSPS) is 13.4. The molecule has 1 atom stereocenters. The van der Waals surface area contributed by atoms with E-state index in [4.69, 9.17) is 4.42 Å². The highest BCUT2D eigenvalue weighted by molar-refractivity contribution is 7.89. The molecule has 1 amide bonds. The van der Waals surface area contributed by atoms with Gasteiger partial charge in [-0.1, -0.05) is 18.2 Å². The Kier molecular flexibility index (Phi) is 5.11. The van der Waals surface area contributed by atoms with Crippen LogP contribution in [0, 0.1) is 0 Å². The minimum Gasteiger partial charge on any atom is -0.459 e. The van der Waals surface area contributed by atoms with Crippen LogP contribution < -0.4 is 0 Å². The Bertz CT molecular complexity index is 762. The second kappa shape index (κ2) is 6.72. The first kappa shape index (κ1) is 17.5. The van der Waals surface area contributed by atoms with Gasteiger partial charge in [0.25, 0.3) is 0 Å². The average Bonchev–Trinajstić information content (AvgIpc) is 2.95. The fourth-order valence-corrected chi connectivity index (χ4v) is 2.99. The summed E-state index contributed by atoms with van der Waals surface area (Å²) in [6.07, 6.45) is -0.0540. The standard InChI is InChI=1S/C16H22N2O4S/c1-12(15-11-13-7-5-6-8-14(13)22-15)18(4)16(19)9-10-23(20,21)17(2)3/h5-8,11-12H,9-10H2,1-4H3. The predicted molar refractivity (Wildman–Crippen MR) is 89.5 cm³/mol. The van der Waals surface area contributed by atoms with E-state index < -0.39 is 10.0 Å². The van der Waals surface area contributed by atoms with Crippen molar-refractivity contribution in [1.29, 1.82) is 0 Å². The molecule has 0 fully saturated rings. The Hall–Kier alpha value is -1.86. The van der Waals surface area contributed by atoms with Crippen LogP contribution in [0.5, 0.6) is 0 Å². The first-order valence-corrected chi connectivity index (χ1v) is 8.97. The maximum atomic E-state index is 12.2. The highest BCUT2D eigenvalue weighted by Crippen LogP contribution is 2.26. The summed E-state index contributed by atoms with van der Waals surface area (Å²) in [5, 5.41) is 0.977. The molecule has 1 aromatic carbocycles. The van der Waals surface area contributed by atoms with Crippen LogP contribution in [-0.4, -0.2) is 50.4 Å². The lowest BCUT2D eigenvalue weighted by Crippen LogP contribution is -2.33. The number of benzene rings is 1. The zero-order valence-corrected chi connectivity index (χ0v) is 14.6. The summed E-state index contributed by atoms with van der Waals surface area (Å²) in [7, 11) is 1.20. The monoisotopic (exact) mass is 338 g/mol. The van der Waals surface area contributed by atoms with Gasteiger partial charge in [0.05, 0.1) is 11.8 Å². The molecule has 1 heterocycles.